The molecule has 2 atom stereocenters. The zero-order valence-corrected chi connectivity index (χ0v) is 18.5. The van der Waals surface area contributed by atoms with Gasteiger partial charge in [0.1, 0.15) is 23.5 Å². The van der Waals surface area contributed by atoms with Crippen LogP contribution >= 0.6 is 0 Å². The van der Waals surface area contributed by atoms with Gasteiger partial charge in [0, 0.05) is 22.6 Å². The number of para-hydroxylation sites is 1. The number of aryl methyl sites for hydroxylation is 1. The number of hydrogen-bond donors (Lipinski definition) is 1. The van der Waals surface area contributed by atoms with E-state index in [0.29, 0.717) is 31.7 Å². The third-order valence-electron chi connectivity index (χ3n) is 5.79. The van der Waals surface area contributed by atoms with Gasteiger partial charge in [0.15, 0.2) is 9.84 Å². The lowest BCUT2D eigenvalue weighted by atomic mass is 9.94. The molecule has 0 radical (unpaired) electrons. The molecule has 0 saturated carbocycles. The molecule has 6 nitrogen and oxygen atoms in total. The van der Waals surface area contributed by atoms with Crippen LogP contribution in [0, 0.1) is 12.8 Å². The van der Waals surface area contributed by atoms with Crippen LogP contribution in [-0.4, -0.2) is 31.1 Å². The zero-order chi connectivity index (χ0) is 22.0. The van der Waals surface area contributed by atoms with E-state index in [1.54, 1.807) is 24.3 Å². The van der Waals surface area contributed by atoms with E-state index in [-0.39, 0.29) is 16.6 Å². The Morgan fingerprint density at radius 2 is 1.90 bits per heavy atom. The number of Topliss-reactive ketones (excluding diaryl/α,β-unsaturated/α-hetero) is 1. The Morgan fingerprint density at radius 3 is 2.65 bits per heavy atom. The first kappa shape index (κ1) is 21.5. The van der Waals surface area contributed by atoms with Crippen molar-refractivity contribution in [3.05, 3.63) is 65.9 Å². The average Bonchev–Trinajstić information content (AvgIpc) is 2.77. The first-order chi connectivity index (χ1) is 14.8. The van der Waals surface area contributed by atoms with Gasteiger partial charge in [-0.1, -0.05) is 18.2 Å². The summed E-state index contributed by atoms with van der Waals surface area (Å²) in [5, 5.41) is 3.34. The van der Waals surface area contributed by atoms with Crippen LogP contribution in [0.5, 0.6) is 5.75 Å². The Kier molecular flexibility index (Phi) is 6.07. The fourth-order valence-electron chi connectivity index (χ4n) is 4.05. The van der Waals surface area contributed by atoms with Gasteiger partial charge in [-0.25, -0.2) is 8.42 Å². The minimum atomic E-state index is -3.57. The Bertz CT molecular complexity index is 1210. The summed E-state index contributed by atoms with van der Waals surface area (Å²) in [7, 11) is -3.57. The number of benzene rings is 2. The smallest absolute Gasteiger partial charge is 0.194 e. The summed E-state index contributed by atoms with van der Waals surface area (Å²) in [5.74, 6) is 0.433. The summed E-state index contributed by atoms with van der Waals surface area (Å²) >= 11 is 0. The second-order valence-corrected chi connectivity index (χ2v) is 10.2. The molecule has 0 bridgehead atoms. The molecule has 162 valence electrons. The number of nitrogens with one attached hydrogen (secondary N) is 1. The SMILES string of the molecule is CC(=O)C1CCNC(S(=O)(=O)c2ccc(OCc3cc(C)nc4ccccc34)cc2)C1. The molecule has 0 amide bonds. The molecule has 1 saturated heterocycles. The maximum atomic E-state index is 13.0. The number of nitrogens with zero attached hydrogens (tertiary/aromatic N) is 1. The lowest BCUT2D eigenvalue weighted by Gasteiger charge is -2.28. The molecule has 1 aromatic heterocycles. The van der Waals surface area contributed by atoms with E-state index in [1.807, 2.05) is 37.3 Å². The van der Waals surface area contributed by atoms with Crippen molar-refractivity contribution in [2.75, 3.05) is 6.54 Å². The Balaban J connectivity index is 1.48. The molecular weight excluding hydrogens is 412 g/mol. The number of fused-ring (bicyclic) bond motifs is 1. The molecule has 1 aliphatic rings. The standard InChI is InChI=1S/C24H26N2O4S/c1-16-13-19(22-5-3-4-6-23(22)26-16)15-30-20-7-9-21(10-8-20)31(28,29)24-14-18(17(2)27)11-12-25-24/h3-10,13,18,24-25H,11-12,14-15H2,1-2H3. The Labute approximate surface area is 182 Å². The van der Waals surface area contributed by atoms with Crippen molar-refractivity contribution in [3.8, 4) is 5.75 Å². The van der Waals surface area contributed by atoms with Crippen LogP contribution < -0.4 is 10.1 Å². The fourth-order valence-corrected chi connectivity index (χ4v) is 5.72. The summed E-state index contributed by atoms with van der Waals surface area (Å²) < 4.78 is 32.0. The van der Waals surface area contributed by atoms with Gasteiger partial charge in [-0.15, -0.1) is 0 Å². The van der Waals surface area contributed by atoms with Crippen LogP contribution in [0.4, 0.5) is 0 Å². The van der Waals surface area contributed by atoms with E-state index in [2.05, 4.69) is 10.3 Å². The molecule has 31 heavy (non-hydrogen) atoms. The highest BCUT2D eigenvalue weighted by atomic mass is 32.2. The van der Waals surface area contributed by atoms with E-state index in [0.717, 1.165) is 22.2 Å². The van der Waals surface area contributed by atoms with Crippen LogP contribution in [0.15, 0.2) is 59.5 Å². The highest BCUT2D eigenvalue weighted by Crippen LogP contribution is 2.27. The number of rotatable bonds is 6. The molecule has 2 heterocycles. The minimum Gasteiger partial charge on any atom is -0.489 e. The second-order valence-electron chi connectivity index (χ2n) is 8.02. The largest absolute Gasteiger partial charge is 0.489 e. The van der Waals surface area contributed by atoms with Crippen molar-refractivity contribution in [3.63, 3.8) is 0 Å². The van der Waals surface area contributed by atoms with Gasteiger partial charge in [-0.3, -0.25) is 9.78 Å². The third kappa shape index (κ3) is 4.62. The van der Waals surface area contributed by atoms with Crippen molar-refractivity contribution in [2.45, 2.75) is 43.6 Å². The predicted octanol–water partition coefficient (Wildman–Crippen LogP) is 3.81. The van der Waals surface area contributed by atoms with E-state index in [4.69, 9.17) is 4.74 Å². The average molecular weight is 439 g/mol. The number of pyridine rings is 1. The fraction of sp³-hybridized carbons (Fsp3) is 0.333. The van der Waals surface area contributed by atoms with Crippen molar-refractivity contribution < 1.29 is 17.9 Å². The van der Waals surface area contributed by atoms with E-state index in [9.17, 15) is 13.2 Å². The quantitative estimate of drug-likeness (QED) is 0.630. The molecule has 1 aliphatic heterocycles. The maximum absolute atomic E-state index is 13.0. The van der Waals surface area contributed by atoms with Crippen LogP contribution in [0.1, 0.15) is 31.0 Å². The summed E-state index contributed by atoms with van der Waals surface area (Å²) in [4.78, 5) is 16.5. The summed E-state index contributed by atoms with van der Waals surface area (Å²) in [6, 6.07) is 16.4. The number of sulfone groups is 1. The van der Waals surface area contributed by atoms with Gasteiger partial charge in [-0.2, -0.15) is 0 Å². The van der Waals surface area contributed by atoms with Crippen molar-refractivity contribution in [1.82, 2.24) is 10.3 Å². The molecule has 4 rings (SSSR count). The van der Waals surface area contributed by atoms with Gasteiger partial charge in [0.25, 0.3) is 0 Å². The van der Waals surface area contributed by atoms with E-state index < -0.39 is 15.2 Å². The van der Waals surface area contributed by atoms with Crippen molar-refractivity contribution >= 4 is 26.5 Å². The first-order valence-electron chi connectivity index (χ1n) is 10.4. The van der Waals surface area contributed by atoms with E-state index >= 15 is 0 Å². The van der Waals surface area contributed by atoms with Gasteiger partial charge >= 0.3 is 0 Å². The number of piperidine rings is 1. The lowest BCUT2D eigenvalue weighted by molar-refractivity contribution is -0.121. The monoisotopic (exact) mass is 438 g/mol. The van der Waals surface area contributed by atoms with Crippen LogP contribution in [0.25, 0.3) is 10.9 Å². The lowest BCUT2D eigenvalue weighted by Crippen LogP contribution is -2.44. The van der Waals surface area contributed by atoms with Crippen molar-refractivity contribution in [2.24, 2.45) is 5.92 Å². The number of carbonyl (C=O) groups is 1. The summed E-state index contributed by atoms with van der Waals surface area (Å²) in [6.45, 7) is 4.36. The number of ether oxygens (including phenoxy) is 1. The number of hydrogen-bond acceptors (Lipinski definition) is 6. The molecular formula is C24H26N2O4S. The second kappa shape index (κ2) is 8.77. The minimum absolute atomic E-state index is 0.0457. The van der Waals surface area contributed by atoms with Crippen LogP contribution in [0.2, 0.25) is 0 Å². The highest BCUT2D eigenvalue weighted by Gasteiger charge is 2.34. The summed E-state index contributed by atoms with van der Waals surface area (Å²) in [6.07, 6.45) is 0.988. The van der Waals surface area contributed by atoms with Gasteiger partial charge in [-0.05, 0) is 69.6 Å². The molecule has 7 heteroatoms. The topological polar surface area (TPSA) is 85.4 Å². The summed E-state index contributed by atoms with van der Waals surface area (Å²) in [5.41, 5.74) is 2.87. The van der Waals surface area contributed by atoms with Crippen LogP contribution in [0.3, 0.4) is 0 Å². The number of aromatic nitrogens is 1. The predicted molar refractivity (Wildman–Crippen MR) is 120 cm³/mol. The van der Waals surface area contributed by atoms with Gasteiger partial charge in [0.2, 0.25) is 0 Å². The molecule has 1 N–H and O–H groups in total. The molecule has 3 aromatic rings. The Hall–Kier alpha value is -2.77. The number of ketones is 1. The molecule has 1 fully saturated rings. The molecule has 0 aliphatic carbocycles. The number of carbonyl (C=O) groups excluding carboxylic acids is 1. The van der Waals surface area contributed by atoms with Gasteiger partial charge < -0.3 is 10.1 Å². The Morgan fingerprint density at radius 1 is 1.16 bits per heavy atom. The maximum Gasteiger partial charge on any atom is 0.194 e. The molecule has 0 spiro atoms. The third-order valence-corrected chi connectivity index (χ3v) is 7.83. The van der Waals surface area contributed by atoms with E-state index in [1.165, 1.54) is 6.92 Å². The van der Waals surface area contributed by atoms with Crippen molar-refractivity contribution in [1.29, 1.82) is 0 Å². The van der Waals surface area contributed by atoms with Gasteiger partial charge in [0.05, 0.1) is 10.4 Å². The first-order valence-corrected chi connectivity index (χ1v) is 11.9. The van der Waals surface area contributed by atoms with Crippen LogP contribution in [-0.2, 0) is 21.2 Å². The normalized spacial score (nSPS) is 19.3. The highest BCUT2D eigenvalue weighted by molar-refractivity contribution is 7.92. The molecule has 2 aromatic carbocycles. The zero-order valence-electron chi connectivity index (χ0n) is 17.7. The molecule has 2 unspecified atom stereocenters.